The van der Waals surface area contributed by atoms with Gasteiger partial charge in [-0.1, -0.05) is 15.9 Å². The molecule has 0 aromatic heterocycles. The van der Waals surface area contributed by atoms with Crippen molar-refractivity contribution in [3.63, 3.8) is 0 Å². The SMILES string of the molecule is NCc1cc(Br)cc(S(=O)(=O)N(CC2CC2)C2CC2)c1F. The third kappa shape index (κ3) is 3.16. The van der Waals surface area contributed by atoms with Crippen molar-refractivity contribution in [3.8, 4) is 0 Å². The monoisotopic (exact) mass is 376 g/mol. The molecule has 2 aliphatic carbocycles. The molecule has 0 atom stereocenters. The summed E-state index contributed by atoms with van der Waals surface area (Å²) in [6, 6.07) is 2.90. The van der Waals surface area contributed by atoms with E-state index in [1.54, 1.807) is 0 Å². The van der Waals surface area contributed by atoms with Gasteiger partial charge in [0.05, 0.1) is 0 Å². The zero-order valence-corrected chi connectivity index (χ0v) is 14.0. The Labute approximate surface area is 132 Å². The fourth-order valence-electron chi connectivity index (χ4n) is 2.44. The van der Waals surface area contributed by atoms with E-state index in [0.717, 1.165) is 25.7 Å². The molecule has 0 aliphatic heterocycles. The highest BCUT2D eigenvalue weighted by atomic mass is 79.9. The number of hydrogen-bond acceptors (Lipinski definition) is 3. The molecule has 2 saturated carbocycles. The Bertz CT molecular complexity index is 657. The molecule has 0 radical (unpaired) electrons. The molecule has 2 fully saturated rings. The van der Waals surface area contributed by atoms with Crippen molar-refractivity contribution in [1.82, 2.24) is 4.31 Å². The third-order valence-corrected chi connectivity index (χ3v) is 6.35. The second-order valence-corrected chi connectivity index (χ2v) is 8.61. The van der Waals surface area contributed by atoms with Crippen LogP contribution in [0.5, 0.6) is 0 Å². The van der Waals surface area contributed by atoms with Crippen LogP contribution in [0.4, 0.5) is 4.39 Å². The molecule has 1 aromatic carbocycles. The van der Waals surface area contributed by atoms with Crippen molar-refractivity contribution >= 4 is 26.0 Å². The van der Waals surface area contributed by atoms with Crippen LogP contribution in [0, 0.1) is 11.7 Å². The van der Waals surface area contributed by atoms with E-state index in [4.69, 9.17) is 5.73 Å². The van der Waals surface area contributed by atoms with Gasteiger partial charge in [-0.15, -0.1) is 0 Å². The predicted octanol–water partition coefficient (Wildman–Crippen LogP) is 2.61. The summed E-state index contributed by atoms with van der Waals surface area (Å²) < 4.78 is 42.2. The van der Waals surface area contributed by atoms with E-state index in [0.29, 0.717) is 16.9 Å². The minimum absolute atomic E-state index is 0.0279. The Morgan fingerprint density at radius 1 is 1.29 bits per heavy atom. The van der Waals surface area contributed by atoms with Gasteiger partial charge in [-0.25, -0.2) is 12.8 Å². The Balaban J connectivity index is 2.01. The summed E-state index contributed by atoms with van der Waals surface area (Å²) in [7, 11) is -3.81. The molecule has 2 N–H and O–H groups in total. The molecule has 0 bridgehead atoms. The molecule has 0 saturated heterocycles. The number of hydrogen-bond donors (Lipinski definition) is 1. The van der Waals surface area contributed by atoms with Gasteiger partial charge in [-0.05, 0) is 43.7 Å². The average molecular weight is 377 g/mol. The molecular weight excluding hydrogens is 359 g/mol. The molecule has 4 nitrogen and oxygen atoms in total. The number of nitrogens with zero attached hydrogens (tertiary/aromatic N) is 1. The number of nitrogens with two attached hydrogens (primary N) is 1. The van der Waals surface area contributed by atoms with Crippen LogP contribution in [0.15, 0.2) is 21.5 Å². The van der Waals surface area contributed by atoms with Crippen LogP contribution in [0.25, 0.3) is 0 Å². The normalized spacial score (nSPS) is 19.2. The molecule has 2 aliphatic rings. The zero-order chi connectivity index (χ0) is 15.2. The van der Waals surface area contributed by atoms with Gasteiger partial charge >= 0.3 is 0 Å². The second kappa shape index (κ2) is 5.61. The van der Waals surface area contributed by atoms with Crippen molar-refractivity contribution in [3.05, 3.63) is 28.0 Å². The Hall–Kier alpha value is -0.500. The van der Waals surface area contributed by atoms with E-state index in [9.17, 15) is 12.8 Å². The smallest absolute Gasteiger partial charge is 0.246 e. The van der Waals surface area contributed by atoms with Gasteiger partial charge in [-0.2, -0.15) is 4.31 Å². The zero-order valence-electron chi connectivity index (χ0n) is 11.6. The highest BCUT2D eigenvalue weighted by molar-refractivity contribution is 9.10. The van der Waals surface area contributed by atoms with Crippen LogP contribution in [-0.2, 0) is 16.6 Å². The molecule has 0 spiro atoms. The van der Waals surface area contributed by atoms with Gasteiger partial charge in [0.25, 0.3) is 0 Å². The molecular formula is C14H18BrFN2O2S. The van der Waals surface area contributed by atoms with Crippen LogP contribution in [-0.4, -0.2) is 25.3 Å². The molecule has 0 amide bonds. The lowest BCUT2D eigenvalue weighted by molar-refractivity contribution is 0.385. The lowest BCUT2D eigenvalue weighted by atomic mass is 10.2. The van der Waals surface area contributed by atoms with Gasteiger partial charge in [0, 0.05) is 29.2 Å². The lowest BCUT2D eigenvalue weighted by Crippen LogP contribution is -2.35. The standard InChI is InChI=1S/C14H18BrFN2O2S/c15-11-5-10(7-17)14(16)13(6-11)21(19,20)18(12-3-4-12)8-9-1-2-9/h5-6,9,12H,1-4,7-8,17H2. The van der Waals surface area contributed by atoms with Gasteiger partial charge in [-0.3, -0.25) is 0 Å². The van der Waals surface area contributed by atoms with Gasteiger partial charge in [0.1, 0.15) is 10.7 Å². The van der Waals surface area contributed by atoms with Crippen LogP contribution in [0.2, 0.25) is 0 Å². The first-order valence-corrected chi connectivity index (χ1v) is 9.36. The molecule has 0 heterocycles. The molecule has 116 valence electrons. The highest BCUT2D eigenvalue weighted by Crippen LogP contribution is 2.39. The highest BCUT2D eigenvalue weighted by Gasteiger charge is 2.42. The van der Waals surface area contributed by atoms with Crippen molar-refractivity contribution in [2.75, 3.05) is 6.54 Å². The van der Waals surface area contributed by atoms with Crippen LogP contribution >= 0.6 is 15.9 Å². The Kier molecular flexibility index (Phi) is 4.11. The first-order valence-electron chi connectivity index (χ1n) is 7.13. The summed E-state index contributed by atoms with van der Waals surface area (Å²) in [6.45, 7) is 0.483. The van der Waals surface area contributed by atoms with Crippen molar-refractivity contribution in [2.24, 2.45) is 11.7 Å². The largest absolute Gasteiger partial charge is 0.326 e. The number of rotatable bonds is 6. The summed E-state index contributed by atoms with van der Waals surface area (Å²) >= 11 is 3.24. The molecule has 3 rings (SSSR count). The van der Waals surface area contributed by atoms with E-state index in [-0.39, 0.29) is 23.0 Å². The van der Waals surface area contributed by atoms with Crippen LogP contribution in [0.1, 0.15) is 31.2 Å². The number of sulfonamides is 1. The number of benzene rings is 1. The maximum Gasteiger partial charge on any atom is 0.246 e. The van der Waals surface area contributed by atoms with E-state index in [1.807, 2.05) is 0 Å². The Morgan fingerprint density at radius 2 is 1.95 bits per heavy atom. The lowest BCUT2D eigenvalue weighted by Gasteiger charge is -2.22. The first kappa shape index (κ1) is 15.4. The van der Waals surface area contributed by atoms with E-state index in [1.165, 1.54) is 16.4 Å². The minimum atomic E-state index is -3.81. The van der Waals surface area contributed by atoms with Crippen molar-refractivity contribution < 1.29 is 12.8 Å². The summed E-state index contributed by atoms with van der Waals surface area (Å²) in [6.07, 6.45) is 3.86. The van der Waals surface area contributed by atoms with Gasteiger partial charge in [0.2, 0.25) is 10.0 Å². The molecule has 1 aromatic rings. The topological polar surface area (TPSA) is 63.4 Å². The summed E-state index contributed by atoms with van der Waals surface area (Å²) in [5.74, 6) is -0.285. The Morgan fingerprint density at radius 3 is 2.48 bits per heavy atom. The fraction of sp³-hybridized carbons (Fsp3) is 0.571. The van der Waals surface area contributed by atoms with Crippen molar-refractivity contribution in [1.29, 1.82) is 0 Å². The summed E-state index contributed by atoms with van der Waals surface area (Å²) in [4.78, 5) is -0.259. The first-order chi connectivity index (χ1) is 9.93. The minimum Gasteiger partial charge on any atom is -0.326 e. The van der Waals surface area contributed by atoms with Gasteiger partial charge in [0.15, 0.2) is 0 Å². The molecule has 21 heavy (non-hydrogen) atoms. The third-order valence-electron chi connectivity index (χ3n) is 3.98. The second-order valence-electron chi connectivity index (χ2n) is 5.83. The number of halogens is 2. The maximum absolute atomic E-state index is 14.4. The van der Waals surface area contributed by atoms with E-state index < -0.39 is 15.8 Å². The van der Waals surface area contributed by atoms with E-state index in [2.05, 4.69) is 15.9 Å². The van der Waals surface area contributed by atoms with Crippen LogP contribution < -0.4 is 5.73 Å². The molecule has 7 heteroatoms. The summed E-state index contributed by atoms with van der Waals surface area (Å²) in [5, 5.41) is 0. The fourth-order valence-corrected chi connectivity index (χ4v) is 5.00. The van der Waals surface area contributed by atoms with Crippen LogP contribution in [0.3, 0.4) is 0 Å². The quantitative estimate of drug-likeness (QED) is 0.829. The summed E-state index contributed by atoms with van der Waals surface area (Å²) in [5.41, 5.74) is 5.71. The predicted molar refractivity (Wildman–Crippen MR) is 81.6 cm³/mol. The molecule has 0 unspecified atom stereocenters. The van der Waals surface area contributed by atoms with Crippen molar-refractivity contribution in [2.45, 2.75) is 43.2 Å². The maximum atomic E-state index is 14.4. The van der Waals surface area contributed by atoms with E-state index >= 15 is 0 Å². The average Bonchev–Trinajstić information content (AvgIpc) is 3.30. The van der Waals surface area contributed by atoms with Gasteiger partial charge < -0.3 is 5.73 Å².